The van der Waals surface area contributed by atoms with Gasteiger partial charge in [-0.15, -0.1) is 10.2 Å². The lowest BCUT2D eigenvalue weighted by Crippen LogP contribution is -2.27. The van der Waals surface area contributed by atoms with Gasteiger partial charge in [0, 0.05) is 23.6 Å². The average molecular weight is 358 g/mol. The molecule has 1 N–H and O–H groups in total. The van der Waals surface area contributed by atoms with Gasteiger partial charge in [0.25, 0.3) is 5.91 Å². The fourth-order valence-corrected chi connectivity index (χ4v) is 2.95. The van der Waals surface area contributed by atoms with Crippen molar-refractivity contribution >= 4 is 5.91 Å². The predicted molar refractivity (Wildman–Crippen MR) is 101 cm³/mol. The van der Waals surface area contributed by atoms with E-state index in [4.69, 9.17) is 0 Å². The Hall–Kier alpha value is -3.74. The Kier molecular flexibility index (Phi) is 4.49. The molecule has 0 aliphatic carbocycles. The zero-order valence-corrected chi connectivity index (χ0v) is 14.7. The van der Waals surface area contributed by atoms with Crippen LogP contribution in [0.25, 0.3) is 11.4 Å². The average Bonchev–Trinajstić information content (AvgIpc) is 3.42. The second-order valence-corrected chi connectivity index (χ2v) is 6.12. The van der Waals surface area contributed by atoms with Gasteiger partial charge in [0.2, 0.25) is 0 Å². The van der Waals surface area contributed by atoms with Crippen LogP contribution in [-0.4, -0.2) is 30.5 Å². The zero-order chi connectivity index (χ0) is 18.6. The molecular weight excluding hydrogens is 340 g/mol. The van der Waals surface area contributed by atoms with Crippen molar-refractivity contribution in [2.24, 2.45) is 0 Å². The van der Waals surface area contributed by atoms with E-state index in [1.165, 1.54) is 0 Å². The Morgan fingerprint density at radius 2 is 1.74 bits per heavy atom. The van der Waals surface area contributed by atoms with E-state index in [1.54, 1.807) is 40.2 Å². The molecule has 4 rings (SSSR count). The lowest BCUT2D eigenvalue weighted by Gasteiger charge is -2.18. The molecule has 0 aliphatic heterocycles. The molecule has 0 aliphatic rings. The van der Waals surface area contributed by atoms with Crippen molar-refractivity contribution in [2.75, 3.05) is 0 Å². The minimum absolute atomic E-state index is 0.131. The maximum Gasteiger partial charge on any atom is 0.251 e. The maximum absolute atomic E-state index is 12.7. The summed E-state index contributed by atoms with van der Waals surface area (Å²) < 4.78 is 3.58. The molecule has 2 heterocycles. The second-order valence-electron chi connectivity index (χ2n) is 6.12. The van der Waals surface area contributed by atoms with Crippen molar-refractivity contribution in [3.8, 4) is 11.4 Å². The summed E-state index contributed by atoms with van der Waals surface area (Å²) in [6.45, 7) is 1.96. The molecule has 0 radical (unpaired) electrons. The third-order valence-corrected chi connectivity index (χ3v) is 4.35. The number of hydrogen-bond acceptors (Lipinski definition) is 4. The minimum Gasteiger partial charge on any atom is -0.345 e. The fraction of sp³-hybridized carbons (Fsp3) is 0.100. The first-order valence-electron chi connectivity index (χ1n) is 8.57. The lowest BCUT2D eigenvalue weighted by molar-refractivity contribution is 0.0940. The van der Waals surface area contributed by atoms with Crippen LogP contribution < -0.4 is 5.32 Å². The number of nitrogens with zero attached hydrogens (tertiary/aromatic N) is 5. The van der Waals surface area contributed by atoms with Crippen LogP contribution >= 0.6 is 0 Å². The molecule has 1 atom stereocenters. The van der Waals surface area contributed by atoms with Crippen molar-refractivity contribution in [1.82, 2.24) is 29.9 Å². The number of carbonyl (C=O) groups excluding carboxylic acids is 1. The molecule has 1 amide bonds. The smallest absolute Gasteiger partial charge is 0.251 e. The third-order valence-electron chi connectivity index (χ3n) is 4.35. The van der Waals surface area contributed by atoms with Crippen LogP contribution in [0.5, 0.6) is 0 Å². The number of rotatable bonds is 5. The van der Waals surface area contributed by atoms with E-state index >= 15 is 0 Å². The molecule has 27 heavy (non-hydrogen) atoms. The largest absolute Gasteiger partial charge is 0.345 e. The van der Waals surface area contributed by atoms with Gasteiger partial charge in [0.1, 0.15) is 12.7 Å². The van der Waals surface area contributed by atoms with Gasteiger partial charge in [-0.05, 0) is 48.9 Å². The summed E-state index contributed by atoms with van der Waals surface area (Å²) in [5.74, 6) is -0.131. The molecule has 4 aromatic rings. The number of aromatic nitrogens is 5. The van der Waals surface area contributed by atoms with Gasteiger partial charge >= 0.3 is 0 Å². The maximum atomic E-state index is 12.7. The summed E-state index contributed by atoms with van der Waals surface area (Å²) in [5, 5.41) is 14.9. The van der Waals surface area contributed by atoms with Crippen molar-refractivity contribution in [2.45, 2.75) is 13.0 Å². The van der Waals surface area contributed by atoms with Gasteiger partial charge in [-0.3, -0.25) is 9.36 Å². The molecule has 0 saturated carbocycles. The van der Waals surface area contributed by atoms with Crippen molar-refractivity contribution in [3.63, 3.8) is 0 Å². The molecule has 7 nitrogen and oxygen atoms in total. The number of hydrogen-bond donors (Lipinski definition) is 1. The van der Waals surface area contributed by atoms with Crippen LogP contribution in [0.15, 0.2) is 79.6 Å². The monoisotopic (exact) mass is 358 g/mol. The molecular formula is C20H18N6O. The first kappa shape index (κ1) is 16.7. The molecule has 0 spiro atoms. The van der Waals surface area contributed by atoms with Gasteiger partial charge < -0.3 is 5.32 Å². The van der Waals surface area contributed by atoms with E-state index in [0.717, 1.165) is 16.9 Å². The van der Waals surface area contributed by atoms with Gasteiger partial charge in [0.15, 0.2) is 0 Å². The highest BCUT2D eigenvalue weighted by Gasteiger charge is 2.15. The summed E-state index contributed by atoms with van der Waals surface area (Å²) >= 11 is 0. The van der Waals surface area contributed by atoms with Crippen molar-refractivity contribution in [3.05, 3.63) is 90.8 Å². The molecule has 7 heteroatoms. The predicted octanol–water partition coefficient (Wildman–Crippen LogP) is 2.94. The van der Waals surface area contributed by atoms with Gasteiger partial charge in [-0.2, -0.15) is 5.10 Å². The first-order chi connectivity index (χ1) is 13.2. The van der Waals surface area contributed by atoms with E-state index < -0.39 is 0 Å². The standard InChI is InChI=1S/C20H18N6O/c1-15(18-5-2-3-6-19(18)26-12-4-11-23-26)24-20(27)16-7-9-17(10-8-16)25-13-21-22-14-25/h2-15H,1H3,(H,24,27). The van der Waals surface area contributed by atoms with Crippen LogP contribution in [0.4, 0.5) is 0 Å². The summed E-state index contributed by atoms with van der Waals surface area (Å²) in [6.07, 6.45) is 6.85. The minimum atomic E-state index is -0.171. The number of para-hydroxylation sites is 1. The van der Waals surface area contributed by atoms with E-state index in [9.17, 15) is 4.79 Å². The lowest BCUT2D eigenvalue weighted by atomic mass is 10.1. The molecule has 0 bridgehead atoms. The van der Waals surface area contributed by atoms with Gasteiger partial charge in [0.05, 0.1) is 11.7 Å². The highest BCUT2D eigenvalue weighted by atomic mass is 16.1. The topological polar surface area (TPSA) is 77.6 Å². The Labute approximate surface area is 156 Å². The molecule has 2 aromatic heterocycles. The summed E-state index contributed by atoms with van der Waals surface area (Å²) in [4.78, 5) is 12.7. The highest BCUT2D eigenvalue weighted by molar-refractivity contribution is 5.94. The first-order valence-corrected chi connectivity index (χ1v) is 8.57. The van der Waals surface area contributed by atoms with Crippen LogP contribution in [0.2, 0.25) is 0 Å². The Morgan fingerprint density at radius 1 is 1.00 bits per heavy atom. The summed E-state index contributed by atoms with van der Waals surface area (Å²) in [5.41, 5.74) is 3.43. The fourth-order valence-electron chi connectivity index (χ4n) is 2.95. The third kappa shape index (κ3) is 3.48. The van der Waals surface area contributed by atoms with Crippen LogP contribution in [0.3, 0.4) is 0 Å². The van der Waals surface area contributed by atoms with Gasteiger partial charge in [-0.1, -0.05) is 18.2 Å². The van der Waals surface area contributed by atoms with Crippen LogP contribution in [-0.2, 0) is 0 Å². The van der Waals surface area contributed by atoms with Crippen molar-refractivity contribution in [1.29, 1.82) is 0 Å². The van der Waals surface area contributed by atoms with E-state index in [1.807, 2.05) is 55.6 Å². The van der Waals surface area contributed by atoms with E-state index in [-0.39, 0.29) is 11.9 Å². The summed E-state index contributed by atoms with van der Waals surface area (Å²) in [6, 6.07) is 16.9. The molecule has 0 saturated heterocycles. The zero-order valence-electron chi connectivity index (χ0n) is 14.7. The number of nitrogens with one attached hydrogen (secondary N) is 1. The van der Waals surface area contributed by atoms with E-state index in [0.29, 0.717) is 5.56 Å². The van der Waals surface area contributed by atoms with Crippen LogP contribution in [0, 0.1) is 0 Å². The second kappa shape index (κ2) is 7.25. The Morgan fingerprint density at radius 3 is 2.44 bits per heavy atom. The molecule has 0 fully saturated rings. The number of carbonyl (C=O) groups is 1. The number of amides is 1. The van der Waals surface area contributed by atoms with Crippen molar-refractivity contribution < 1.29 is 4.79 Å². The Bertz CT molecular complexity index is 1020. The molecule has 2 aromatic carbocycles. The van der Waals surface area contributed by atoms with E-state index in [2.05, 4.69) is 20.6 Å². The quantitative estimate of drug-likeness (QED) is 0.595. The summed E-state index contributed by atoms with van der Waals surface area (Å²) in [7, 11) is 0. The molecule has 1 unspecified atom stereocenters. The molecule has 134 valence electrons. The SMILES string of the molecule is CC(NC(=O)c1ccc(-n2cnnc2)cc1)c1ccccc1-n1cccn1. The normalized spacial score (nSPS) is 11.9. The van der Waals surface area contributed by atoms with Gasteiger partial charge in [-0.25, -0.2) is 4.68 Å². The van der Waals surface area contributed by atoms with Crippen LogP contribution in [0.1, 0.15) is 28.9 Å². The highest BCUT2D eigenvalue weighted by Crippen LogP contribution is 2.21. The Balaban J connectivity index is 1.52. The number of benzene rings is 2.